The SMILES string of the molecule is CCCNC(=O)[C@H](NC(C)=O)[C@@H](O)C[C@H](O)CO[C@H]1O[C@@H](C)[C@@H](O)[C@@H](O)[C@@H]1O. The average Bonchev–Trinajstić information content (AvgIpc) is 2.63. The molecule has 0 radical (unpaired) electrons. The number of rotatable bonds is 10. The molecule has 7 N–H and O–H groups in total. The monoisotopic (exact) mass is 408 g/mol. The van der Waals surface area contributed by atoms with Crippen molar-refractivity contribution < 1.29 is 44.6 Å². The second-order valence-corrected chi connectivity index (χ2v) is 6.94. The van der Waals surface area contributed by atoms with E-state index in [0.29, 0.717) is 13.0 Å². The molecular formula is C17H32N2O9. The van der Waals surface area contributed by atoms with Crippen LogP contribution in [0.25, 0.3) is 0 Å². The number of hydrogen-bond acceptors (Lipinski definition) is 9. The fourth-order valence-electron chi connectivity index (χ4n) is 2.75. The minimum atomic E-state index is -1.52. The van der Waals surface area contributed by atoms with Gasteiger partial charge in [-0.25, -0.2) is 0 Å². The van der Waals surface area contributed by atoms with E-state index in [1.54, 1.807) is 0 Å². The standard InChI is InChI=1S/C17H32N2O9/c1-4-5-18-16(26)12(19-9(3)20)11(22)6-10(21)7-27-17-15(25)14(24)13(23)8(2)28-17/h8,10-15,17,21-25H,4-7H2,1-3H3,(H,18,26)(H,19,20)/t8-,10-,11-,12+,13+,14+,15-,17-/m0/s1. The topological polar surface area (TPSA) is 178 Å². The highest BCUT2D eigenvalue weighted by atomic mass is 16.7. The second kappa shape index (κ2) is 11.6. The molecule has 1 aliphatic heterocycles. The number of aliphatic hydroxyl groups is 5. The van der Waals surface area contributed by atoms with Gasteiger partial charge in [-0.2, -0.15) is 0 Å². The third kappa shape index (κ3) is 7.24. The van der Waals surface area contributed by atoms with E-state index in [1.165, 1.54) is 13.8 Å². The van der Waals surface area contributed by atoms with Gasteiger partial charge in [0.25, 0.3) is 0 Å². The van der Waals surface area contributed by atoms with Crippen LogP contribution in [-0.2, 0) is 19.1 Å². The maximum atomic E-state index is 12.1. The molecule has 8 atom stereocenters. The molecule has 1 heterocycles. The Morgan fingerprint density at radius 2 is 1.79 bits per heavy atom. The molecule has 0 aromatic carbocycles. The zero-order valence-corrected chi connectivity index (χ0v) is 16.3. The van der Waals surface area contributed by atoms with Gasteiger partial charge < -0.3 is 45.6 Å². The maximum absolute atomic E-state index is 12.1. The quantitative estimate of drug-likeness (QED) is 0.198. The smallest absolute Gasteiger partial charge is 0.245 e. The van der Waals surface area contributed by atoms with Gasteiger partial charge in [0.1, 0.15) is 24.4 Å². The molecular weight excluding hydrogens is 376 g/mol. The van der Waals surface area contributed by atoms with E-state index in [2.05, 4.69) is 10.6 Å². The molecule has 0 saturated carbocycles. The molecule has 0 unspecified atom stereocenters. The first-order chi connectivity index (χ1) is 13.1. The summed E-state index contributed by atoms with van der Waals surface area (Å²) in [6, 6.07) is -1.24. The van der Waals surface area contributed by atoms with Crippen LogP contribution in [0.1, 0.15) is 33.6 Å². The van der Waals surface area contributed by atoms with Crippen LogP contribution in [-0.4, -0.2) is 99.5 Å². The van der Waals surface area contributed by atoms with Crippen molar-refractivity contribution >= 4 is 11.8 Å². The first-order valence-corrected chi connectivity index (χ1v) is 9.30. The Balaban J connectivity index is 2.57. The summed E-state index contributed by atoms with van der Waals surface area (Å²) in [5.41, 5.74) is 0. The summed E-state index contributed by atoms with van der Waals surface area (Å²) in [6.45, 7) is 4.54. The molecule has 2 amide bonds. The summed E-state index contributed by atoms with van der Waals surface area (Å²) < 4.78 is 10.5. The predicted molar refractivity (Wildman–Crippen MR) is 95.8 cm³/mol. The number of ether oxygens (including phenoxy) is 2. The Morgan fingerprint density at radius 3 is 2.36 bits per heavy atom. The van der Waals surface area contributed by atoms with Crippen LogP contribution in [0.5, 0.6) is 0 Å². The summed E-state index contributed by atoms with van der Waals surface area (Å²) in [7, 11) is 0. The summed E-state index contributed by atoms with van der Waals surface area (Å²) >= 11 is 0. The van der Waals surface area contributed by atoms with Crippen molar-refractivity contribution in [3.63, 3.8) is 0 Å². The average molecular weight is 408 g/mol. The van der Waals surface area contributed by atoms with E-state index >= 15 is 0 Å². The van der Waals surface area contributed by atoms with Crippen molar-refractivity contribution in [1.29, 1.82) is 0 Å². The van der Waals surface area contributed by atoms with Gasteiger partial charge in [-0.15, -0.1) is 0 Å². The molecule has 1 saturated heterocycles. The highest BCUT2D eigenvalue weighted by Crippen LogP contribution is 2.22. The lowest BCUT2D eigenvalue weighted by molar-refractivity contribution is -0.297. The largest absolute Gasteiger partial charge is 0.391 e. The molecule has 11 heteroatoms. The molecule has 1 rings (SSSR count). The first-order valence-electron chi connectivity index (χ1n) is 9.30. The highest BCUT2D eigenvalue weighted by Gasteiger charge is 2.42. The second-order valence-electron chi connectivity index (χ2n) is 6.94. The molecule has 0 aromatic heterocycles. The van der Waals surface area contributed by atoms with Gasteiger partial charge >= 0.3 is 0 Å². The number of aliphatic hydroxyl groups excluding tert-OH is 5. The Labute approximate surface area is 163 Å². The van der Waals surface area contributed by atoms with Crippen LogP contribution in [0.4, 0.5) is 0 Å². The van der Waals surface area contributed by atoms with Crippen LogP contribution in [0, 0.1) is 0 Å². The van der Waals surface area contributed by atoms with Crippen LogP contribution in [0.2, 0.25) is 0 Å². The van der Waals surface area contributed by atoms with Crippen molar-refractivity contribution in [1.82, 2.24) is 10.6 Å². The molecule has 0 spiro atoms. The molecule has 28 heavy (non-hydrogen) atoms. The van der Waals surface area contributed by atoms with E-state index < -0.39 is 60.8 Å². The van der Waals surface area contributed by atoms with Crippen molar-refractivity contribution in [2.24, 2.45) is 0 Å². The van der Waals surface area contributed by atoms with Gasteiger partial charge in [0.05, 0.1) is 24.9 Å². The van der Waals surface area contributed by atoms with E-state index in [4.69, 9.17) is 9.47 Å². The fourth-order valence-corrected chi connectivity index (χ4v) is 2.75. The molecule has 0 aliphatic carbocycles. The Kier molecular flexibility index (Phi) is 10.2. The normalized spacial score (nSPS) is 30.9. The Hall–Kier alpha value is -1.34. The zero-order chi connectivity index (χ0) is 21.4. The minimum absolute atomic E-state index is 0.298. The van der Waals surface area contributed by atoms with Crippen LogP contribution >= 0.6 is 0 Å². The van der Waals surface area contributed by atoms with Gasteiger partial charge in [-0.05, 0) is 13.3 Å². The van der Waals surface area contributed by atoms with Gasteiger partial charge in [0, 0.05) is 19.9 Å². The molecule has 11 nitrogen and oxygen atoms in total. The number of hydrogen-bond donors (Lipinski definition) is 7. The highest BCUT2D eigenvalue weighted by molar-refractivity contribution is 5.87. The summed E-state index contributed by atoms with van der Waals surface area (Å²) in [4.78, 5) is 23.4. The number of nitrogens with one attached hydrogen (secondary N) is 2. The zero-order valence-electron chi connectivity index (χ0n) is 16.3. The van der Waals surface area contributed by atoms with Crippen LogP contribution < -0.4 is 10.6 Å². The summed E-state index contributed by atoms with van der Waals surface area (Å²) in [5.74, 6) is -1.09. The van der Waals surface area contributed by atoms with Crippen molar-refractivity contribution in [3.8, 4) is 0 Å². The Bertz CT molecular complexity index is 507. The van der Waals surface area contributed by atoms with Crippen molar-refractivity contribution in [2.45, 2.75) is 82.6 Å². The number of amides is 2. The van der Waals surface area contributed by atoms with Crippen LogP contribution in [0.15, 0.2) is 0 Å². The lowest BCUT2D eigenvalue weighted by Crippen LogP contribution is -2.57. The first kappa shape index (κ1) is 24.7. The minimum Gasteiger partial charge on any atom is -0.391 e. The predicted octanol–water partition coefficient (Wildman–Crippen LogP) is -3.03. The maximum Gasteiger partial charge on any atom is 0.245 e. The third-order valence-electron chi connectivity index (χ3n) is 4.35. The Morgan fingerprint density at radius 1 is 1.14 bits per heavy atom. The number of carbonyl (C=O) groups is 2. The van der Waals surface area contributed by atoms with Gasteiger partial charge in [0.2, 0.25) is 11.8 Å². The van der Waals surface area contributed by atoms with E-state index in [0.717, 1.165) is 0 Å². The summed E-state index contributed by atoms with van der Waals surface area (Å²) in [5, 5.41) is 54.5. The van der Waals surface area contributed by atoms with Crippen LogP contribution in [0.3, 0.4) is 0 Å². The van der Waals surface area contributed by atoms with E-state index in [-0.39, 0.29) is 13.0 Å². The van der Waals surface area contributed by atoms with E-state index in [9.17, 15) is 35.1 Å². The molecule has 0 bridgehead atoms. The van der Waals surface area contributed by atoms with Gasteiger partial charge in [-0.3, -0.25) is 9.59 Å². The lowest BCUT2D eigenvalue weighted by atomic mass is 10.00. The lowest BCUT2D eigenvalue weighted by Gasteiger charge is -2.39. The van der Waals surface area contributed by atoms with Gasteiger partial charge in [-0.1, -0.05) is 6.92 Å². The third-order valence-corrected chi connectivity index (χ3v) is 4.35. The van der Waals surface area contributed by atoms with Crippen molar-refractivity contribution in [2.75, 3.05) is 13.2 Å². The fraction of sp³-hybridized carbons (Fsp3) is 0.882. The molecule has 1 aliphatic rings. The van der Waals surface area contributed by atoms with E-state index in [1.807, 2.05) is 6.92 Å². The number of carbonyl (C=O) groups excluding carboxylic acids is 2. The molecule has 164 valence electrons. The van der Waals surface area contributed by atoms with Crippen molar-refractivity contribution in [3.05, 3.63) is 0 Å². The summed E-state index contributed by atoms with van der Waals surface area (Å²) in [6.07, 6.45) is -8.60. The molecule has 1 fully saturated rings. The molecule has 0 aromatic rings. The van der Waals surface area contributed by atoms with Gasteiger partial charge in [0.15, 0.2) is 6.29 Å².